The second-order valence-electron chi connectivity index (χ2n) is 10.3. The molecule has 0 aromatic heterocycles. The Balaban J connectivity index is 1.72. The average Bonchev–Trinajstić information content (AvgIpc) is 2.83. The number of hydrogen-bond donors (Lipinski definition) is 3. The first-order valence-corrected chi connectivity index (χ1v) is 12.2. The molecule has 0 aliphatic heterocycles. The van der Waals surface area contributed by atoms with Crippen molar-refractivity contribution in [2.24, 2.45) is 5.73 Å². The highest BCUT2D eigenvalue weighted by Crippen LogP contribution is 2.29. The quantitative estimate of drug-likeness (QED) is 0.540. The summed E-state index contributed by atoms with van der Waals surface area (Å²) in [4.78, 5) is 38.2. The van der Waals surface area contributed by atoms with Crippen LogP contribution in [0.2, 0.25) is 0 Å². The smallest absolute Gasteiger partial charge is 0.408 e. The van der Waals surface area contributed by atoms with Crippen molar-refractivity contribution in [2.75, 3.05) is 0 Å². The molecule has 3 amide bonds. The van der Waals surface area contributed by atoms with E-state index in [0.717, 1.165) is 36.0 Å². The van der Waals surface area contributed by atoms with Crippen molar-refractivity contribution in [1.29, 1.82) is 5.26 Å². The van der Waals surface area contributed by atoms with Crippen LogP contribution in [-0.4, -0.2) is 35.1 Å². The van der Waals surface area contributed by atoms with Crippen molar-refractivity contribution in [2.45, 2.75) is 76.5 Å². The van der Waals surface area contributed by atoms with Gasteiger partial charge in [0.1, 0.15) is 17.2 Å². The molecule has 8 nitrogen and oxygen atoms in total. The van der Waals surface area contributed by atoms with Gasteiger partial charge in [0.05, 0.1) is 11.6 Å². The van der Waals surface area contributed by atoms with E-state index in [1.54, 1.807) is 32.9 Å². The number of nitrogens with one attached hydrogen (secondary N) is 2. The molecule has 0 spiro atoms. The van der Waals surface area contributed by atoms with Crippen LogP contribution < -0.4 is 16.4 Å². The van der Waals surface area contributed by atoms with Crippen molar-refractivity contribution in [3.8, 4) is 17.2 Å². The van der Waals surface area contributed by atoms with E-state index in [0.29, 0.717) is 18.4 Å². The number of nitrogens with zero attached hydrogens (tertiary/aromatic N) is 1. The van der Waals surface area contributed by atoms with E-state index in [1.165, 1.54) is 0 Å². The summed E-state index contributed by atoms with van der Waals surface area (Å²) >= 11 is 0. The molecule has 0 bridgehead atoms. The van der Waals surface area contributed by atoms with Crippen molar-refractivity contribution in [3.05, 3.63) is 59.7 Å². The van der Waals surface area contributed by atoms with Gasteiger partial charge < -0.3 is 21.1 Å². The predicted molar refractivity (Wildman–Crippen MR) is 137 cm³/mol. The molecule has 1 aliphatic rings. The van der Waals surface area contributed by atoms with Crippen LogP contribution in [0.5, 0.6) is 0 Å². The van der Waals surface area contributed by atoms with E-state index >= 15 is 0 Å². The Morgan fingerprint density at radius 3 is 2.06 bits per heavy atom. The van der Waals surface area contributed by atoms with E-state index in [4.69, 9.17) is 15.7 Å². The molecule has 8 heteroatoms. The molecule has 4 N–H and O–H groups in total. The average molecular weight is 491 g/mol. The molecule has 0 heterocycles. The highest BCUT2D eigenvalue weighted by Gasteiger charge is 2.43. The zero-order chi connectivity index (χ0) is 26.3. The number of amides is 3. The molecule has 36 heavy (non-hydrogen) atoms. The van der Waals surface area contributed by atoms with Gasteiger partial charge in [-0.3, -0.25) is 9.59 Å². The van der Waals surface area contributed by atoms with Crippen LogP contribution in [0, 0.1) is 11.3 Å². The molecular weight excluding hydrogens is 456 g/mol. The Hall–Kier alpha value is -3.86. The molecule has 0 radical (unpaired) electrons. The minimum atomic E-state index is -1.15. The van der Waals surface area contributed by atoms with Crippen LogP contribution in [0.1, 0.15) is 64.0 Å². The lowest BCUT2D eigenvalue weighted by Crippen LogP contribution is -2.63. The summed E-state index contributed by atoms with van der Waals surface area (Å²) in [6.45, 7) is 5.28. The molecule has 2 aromatic rings. The third kappa shape index (κ3) is 7.08. The highest BCUT2D eigenvalue weighted by atomic mass is 16.6. The lowest BCUT2D eigenvalue weighted by molar-refractivity contribution is -0.133. The van der Waals surface area contributed by atoms with Crippen LogP contribution in [0.25, 0.3) is 11.1 Å². The minimum Gasteiger partial charge on any atom is -0.444 e. The maximum atomic E-state index is 13.4. The molecule has 3 rings (SSSR count). The molecule has 1 atom stereocenters. The molecule has 0 unspecified atom stereocenters. The molecule has 190 valence electrons. The van der Waals surface area contributed by atoms with Gasteiger partial charge in [-0.2, -0.15) is 5.26 Å². The fourth-order valence-electron chi connectivity index (χ4n) is 4.39. The number of benzene rings is 2. The number of hydrogen-bond acceptors (Lipinski definition) is 5. The second kappa shape index (κ2) is 11.3. The minimum absolute atomic E-state index is 0.219. The number of primary amides is 1. The summed E-state index contributed by atoms with van der Waals surface area (Å²) in [7, 11) is 0. The van der Waals surface area contributed by atoms with Crippen molar-refractivity contribution in [3.63, 3.8) is 0 Å². The SMILES string of the molecule is CC(C)(C)OC(=O)NC1(C(=O)N[C@@H](Cc2ccc(-c3ccc(C#N)cc3)cc2)C(N)=O)CCCCC1. The van der Waals surface area contributed by atoms with Gasteiger partial charge in [0.15, 0.2) is 0 Å². The molecule has 1 saturated carbocycles. The van der Waals surface area contributed by atoms with E-state index in [1.807, 2.05) is 36.4 Å². The zero-order valence-corrected chi connectivity index (χ0v) is 21.1. The van der Waals surface area contributed by atoms with Crippen LogP contribution in [0.3, 0.4) is 0 Å². The van der Waals surface area contributed by atoms with Gasteiger partial charge in [-0.15, -0.1) is 0 Å². The monoisotopic (exact) mass is 490 g/mol. The van der Waals surface area contributed by atoms with E-state index < -0.39 is 35.1 Å². The zero-order valence-electron chi connectivity index (χ0n) is 21.1. The van der Waals surface area contributed by atoms with E-state index in [-0.39, 0.29) is 6.42 Å². The van der Waals surface area contributed by atoms with Crippen molar-refractivity contribution in [1.82, 2.24) is 10.6 Å². The summed E-state index contributed by atoms with van der Waals surface area (Å²) in [6, 6.07) is 16.0. The maximum absolute atomic E-state index is 13.4. The first-order chi connectivity index (χ1) is 17.0. The Kier molecular flexibility index (Phi) is 8.36. The molecule has 1 fully saturated rings. The molecular formula is C28H34N4O4. The number of carbonyl (C=O) groups excluding carboxylic acids is 3. The van der Waals surface area contributed by atoms with E-state index in [2.05, 4.69) is 16.7 Å². The van der Waals surface area contributed by atoms with Gasteiger partial charge in [-0.25, -0.2) is 4.79 Å². The van der Waals surface area contributed by atoms with Crippen molar-refractivity contribution >= 4 is 17.9 Å². The Labute approximate surface area is 212 Å². The standard InChI is InChI=1S/C28H34N4O4/c1-27(2,3)36-26(35)32-28(15-5-4-6-16-28)25(34)31-23(24(30)33)17-19-7-11-21(12-8-19)22-13-9-20(18-29)10-14-22/h7-14,23H,4-6,15-17H2,1-3H3,(H2,30,33)(H,31,34)(H,32,35)/t23-/m0/s1. The maximum Gasteiger partial charge on any atom is 0.408 e. The second-order valence-corrected chi connectivity index (χ2v) is 10.3. The fraction of sp³-hybridized carbons (Fsp3) is 0.429. The van der Waals surface area contributed by atoms with Gasteiger partial charge in [0.2, 0.25) is 11.8 Å². The van der Waals surface area contributed by atoms with Crippen molar-refractivity contribution < 1.29 is 19.1 Å². The normalized spacial score (nSPS) is 15.7. The Bertz CT molecular complexity index is 1120. The third-order valence-corrected chi connectivity index (χ3v) is 6.27. The van der Waals surface area contributed by atoms with E-state index in [9.17, 15) is 14.4 Å². The number of ether oxygens (including phenoxy) is 1. The van der Waals surface area contributed by atoms with Gasteiger partial charge in [-0.1, -0.05) is 55.7 Å². The summed E-state index contributed by atoms with van der Waals surface area (Å²) in [5, 5.41) is 14.5. The summed E-state index contributed by atoms with van der Waals surface area (Å²) in [5.74, 6) is -1.08. The van der Waals surface area contributed by atoms with Crippen LogP contribution in [0.15, 0.2) is 48.5 Å². The van der Waals surface area contributed by atoms with Gasteiger partial charge in [-0.05, 0) is 62.4 Å². The molecule has 0 saturated heterocycles. The predicted octanol–water partition coefficient (Wildman–Crippen LogP) is 3.97. The summed E-state index contributed by atoms with van der Waals surface area (Å²) in [6.07, 6.45) is 3.01. The Morgan fingerprint density at radius 2 is 1.56 bits per heavy atom. The summed E-state index contributed by atoms with van der Waals surface area (Å²) < 4.78 is 5.39. The molecule has 1 aliphatic carbocycles. The van der Waals surface area contributed by atoms with Crippen LogP contribution >= 0.6 is 0 Å². The third-order valence-electron chi connectivity index (χ3n) is 6.27. The Morgan fingerprint density at radius 1 is 1.00 bits per heavy atom. The fourth-order valence-corrected chi connectivity index (χ4v) is 4.39. The number of nitriles is 1. The van der Waals surface area contributed by atoms with Gasteiger partial charge >= 0.3 is 6.09 Å². The first-order valence-electron chi connectivity index (χ1n) is 12.2. The summed E-state index contributed by atoms with van der Waals surface area (Å²) in [5.41, 5.74) is 7.15. The van der Waals surface area contributed by atoms with Crippen LogP contribution in [-0.2, 0) is 20.7 Å². The topological polar surface area (TPSA) is 134 Å². The largest absolute Gasteiger partial charge is 0.444 e. The number of carbonyl (C=O) groups is 3. The van der Waals surface area contributed by atoms with Crippen LogP contribution in [0.4, 0.5) is 4.79 Å². The number of rotatable bonds is 7. The van der Waals surface area contributed by atoms with Gasteiger partial charge in [0, 0.05) is 6.42 Å². The highest BCUT2D eigenvalue weighted by molar-refractivity contribution is 5.94. The first kappa shape index (κ1) is 26.7. The number of alkyl carbamates (subject to hydrolysis) is 1. The van der Waals surface area contributed by atoms with Gasteiger partial charge in [0.25, 0.3) is 0 Å². The molecule has 2 aromatic carbocycles. The lowest BCUT2D eigenvalue weighted by Gasteiger charge is -2.37. The lowest BCUT2D eigenvalue weighted by atomic mass is 9.80. The number of nitrogens with two attached hydrogens (primary N) is 1.